The van der Waals surface area contributed by atoms with Gasteiger partial charge in [0.1, 0.15) is 6.61 Å². The fourth-order valence-corrected chi connectivity index (χ4v) is 2.06. The zero-order chi connectivity index (χ0) is 15.3. The van der Waals surface area contributed by atoms with Gasteiger partial charge in [-0.15, -0.1) is 0 Å². The van der Waals surface area contributed by atoms with Crippen LogP contribution < -0.4 is 0 Å². The average molecular weight is 292 g/mol. The molecule has 0 bridgehead atoms. The van der Waals surface area contributed by atoms with E-state index in [0.29, 0.717) is 13.0 Å². The summed E-state index contributed by atoms with van der Waals surface area (Å²) in [6.45, 7) is 0.342. The number of esters is 1. The summed E-state index contributed by atoms with van der Waals surface area (Å²) in [5, 5.41) is 8.50. The first-order chi connectivity index (χ1) is 10.2. The van der Waals surface area contributed by atoms with Gasteiger partial charge in [0.2, 0.25) is 0 Å². The van der Waals surface area contributed by atoms with Gasteiger partial charge in [0.15, 0.2) is 0 Å². The Kier molecular flexibility index (Phi) is 8.93. The zero-order valence-electron chi connectivity index (χ0n) is 12.4. The number of carboxylic acid groups (broad SMARTS) is 1. The number of ether oxygens (including phenoxy) is 1. The Labute approximate surface area is 126 Å². The number of carbonyl (C=O) groups is 2. The molecule has 0 saturated heterocycles. The van der Waals surface area contributed by atoms with Crippen LogP contribution in [0.2, 0.25) is 0 Å². The monoisotopic (exact) mass is 292 g/mol. The summed E-state index contributed by atoms with van der Waals surface area (Å²) in [4.78, 5) is 21.9. The number of aliphatic carboxylic acids is 1. The maximum absolute atomic E-state index is 11.5. The lowest BCUT2D eigenvalue weighted by Gasteiger charge is -2.05. The molecule has 0 aliphatic carbocycles. The first-order valence-electron chi connectivity index (χ1n) is 7.60. The highest BCUT2D eigenvalue weighted by atomic mass is 16.5. The Morgan fingerprint density at radius 1 is 0.857 bits per heavy atom. The van der Waals surface area contributed by atoms with Crippen LogP contribution in [0.4, 0.5) is 0 Å². The Morgan fingerprint density at radius 3 is 2.05 bits per heavy atom. The fraction of sp³-hybridized carbons (Fsp3) is 0.529. The molecular weight excluding hydrogens is 268 g/mol. The van der Waals surface area contributed by atoms with Crippen molar-refractivity contribution in [3.05, 3.63) is 35.9 Å². The van der Waals surface area contributed by atoms with Crippen LogP contribution in [0.3, 0.4) is 0 Å². The van der Waals surface area contributed by atoms with E-state index in [-0.39, 0.29) is 12.4 Å². The zero-order valence-corrected chi connectivity index (χ0v) is 12.4. The van der Waals surface area contributed by atoms with Gasteiger partial charge in [-0.05, 0) is 18.4 Å². The van der Waals surface area contributed by atoms with Gasteiger partial charge in [0.05, 0.1) is 0 Å². The number of rotatable bonds is 11. The van der Waals surface area contributed by atoms with Gasteiger partial charge in [-0.2, -0.15) is 0 Å². The van der Waals surface area contributed by atoms with E-state index < -0.39 is 5.97 Å². The van der Waals surface area contributed by atoms with Crippen LogP contribution in [0, 0.1) is 0 Å². The molecule has 0 aliphatic rings. The number of carboxylic acids is 1. The molecule has 0 radical (unpaired) electrons. The van der Waals surface area contributed by atoms with Gasteiger partial charge < -0.3 is 9.84 Å². The van der Waals surface area contributed by atoms with E-state index in [1.807, 2.05) is 30.3 Å². The van der Waals surface area contributed by atoms with Crippen molar-refractivity contribution in [1.29, 1.82) is 0 Å². The molecule has 0 atom stereocenters. The van der Waals surface area contributed by atoms with E-state index in [2.05, 4.69) is 0 Å². The van der Waals surface area contributed by atoms with Crippen LogP contribution in [-0.2, 0) is 20.9 Å². The van der Waals surface area contributed by atoms with Crippen molar-refractivity contribution in [3.63, 3.8) is 0 Å². The van der Waals surface area contributed by atoms with Crippen molar-refractivity contribution >= 4 is 11.9 Å². The minimum atomic E-state index is -0.726. The number of unbranched alkanes of at least 4 members (excludes halogenated alkanes) is 5. The Bertz CT molecular complexity index is 414. The lowest BCUT2D eigenvalue weighted by atomic mass is 10.1. The summed E-state index contributed by atoms with van der Waals surface area (Å²) in [7, 11) is 0. The average Bonchev–Trinajstić information content (AvgIpc) is 2.48. The van der Waals surface area contributed by atoms with Gasteiger partial charge in [-0.25, -0.2) is 0 Å². The van der Waals surface area contributed by atoms with Crippen LogP contribution in [0.5, 0.6) is 0 Å². The van der Waals surface area contributed by atoms with Crippen LogP contribution >= 0.6 is 0 Å². The second-order valence-electron chi connectivity index (χ2n) is 5.16. The van der Waals surface area contributed by atoms with E-state index in [0.717, 1.165) is 44.1 Å². The summed E-state index contributed by atoms with van der Waals surface area (Å²) >= 11 is 0. The maximum atomic E-state index is 11.5. The van der Waals surface area contributed by atoms with Crippen LogP contribution in [0.15, 0.2) is 30.3 Å². The van der Waals surface area contributed by atoms with Crippen molar-refractivity contribution in [2.24, 2.45) is 0 Å². The molecule has 21 heavy (non-hydrogen) atoms. The Hall–Kier alpha value is -1.84. The Balaban J connectivity index is 1.93. The largest absolute Gasteiger partial charge is 0.481 e. The Morgan fingerprint density at radius 2 is 1.43 bits per heavy atom. The van der Waals surface area contributed by atoms with Crippen molar-refractivity contribution in [1.82, 2.24) is 0 Å². The summed E-state index contributed by atoms with van der Waals surface area (Å²) in [5.74, 6) is -0.874. The molecule has 0 amide bonds. The van der Waals surface area contributed by atoms with E-state index in [1.54, 1.807) is 0 Å². The third-order valence-electron chi connectivity index (χ3n) is 3.26. The molecule has 0 saturated carbocycles. The summed E-state index contributed by atoms with van der Waals surface area (Å²) < 4.78 is 5.20. The van der Waals surface area contributed by atoms with Gasteiger partial charge in [-0.3, -0.25) is 9.59 Å². The third kappa shape index (κ3) is 9.66. The number of hydrogen-bond acceptors (Lipinski definition) is 3. The maximum Gasteiger partial charge on any atom is 0.306 e. The molecule has 116 valence electrons. The van der Waals surface area contributed by atoms with Crippen molar-refractivity contribution in [3.8, 4) is 0 Å². The van der Waals surface area contributed by atoms with Crippen molar-refractivity contribution in [2.45, 2.75) is 58.0 Å². The molecule has 0 heterocycles. The quantitative estimate of drug-likeness (QED) is 0.495. The van der Waals surface area contributed by atoms with Crippen LogP contribution in [-0.4, -0.2) is 17.0 Å². The summed E-state index contributed by atoms with van der Waals surface area (Å²) in [6.07, 6.45) is 6.32. The molecule has 1 aromatic carbocycles. The van der Waals surface area contributed by atoms with Crippen LogP contribution in [0.1, 0.15) is 56.9 Å². The number of hydrogen-bond donors (Lipinski definition) is 1. The molecule has 0 unspecified atom stereocenters. The molecule has 0 aromatic heterocycles. The molecule has 1 aromatic rings. The third-order valence-corrected chi connectivity index (χ3v) is 3.26. The van der Waals surface area contributed by atoms with Gasteiger partial charge >= 0.3 is 11.9 Å². The second kappa shape index (κ2) is 10.9. The molecule has 1 N–H and O–H groups in total. The van der Waals surface area contributed by atoms with E-state index in [1.165, 1.54) is 0 Å². The first-order valence-corrected chi connectivity index (χ1v) is 7.60. The van der Waals surface area contributed by atoms with Gasteiger partial charge in [-0.1, -0.05) is 56.0 Å². The summed E-state index contributed by atoms with van der Waals surface area (Å²) in [5.41, 5.74) is 1.00. The SMILES string of the molecule is O=C(O)CCCCCCCCC(=O)OCc1ccccc1. The number of benzene rings is 1. The molecule has 0 aliphatic heterocycles. The minimum absolute atomic E-state index is 0.148. The van der Waals surface area contributed by atoms with E-state index in [9.17, 15) is 9.59 Å². The van der Waals surface area contributed by atoms with Crippen LogP contribution in [0.25, 0.3) is 0 Å². The highest BCUT2D eigenvalue weighted by Crippen LogP contribution is 2.09. The summed E-state index contributed by atoms with van der Waals surface area (Å²) in [6, 6.07) is 9.65. The van der Waals surface area contributed by atoms with Crippen molar-refractivity contribution in [2.75, 3.05) is 0 Å². The lowest BCUT2D eigenvalue weighted by molar-refractivity contribution is -0.145. The van der Waals surface area contributed by atoms with E-state index >= 15 is 0 Å². The van der Waals surface area contributed by atoms with Crippen molar-refractivity contribution < 1.29 is 19.4 Å². The smallest absolute Gasteiger partial charge is 0.306 e. The lowest BCUT2D eigenvalue weighted by Crippen LogP contribution is -2.04. The molecule has 1 rings (SSSR count). The molecule has 4 heteroatoms. The van der Waals surface area contributed by atoms with Gasteiger partial charge in [0, 0.05) is 12.8 Å². The molecule has 4 nitrogen and oxygen atoms in total. The second-order valence-corrected chi connectivity index (χ2v) is 5.16. The highest BCUT2D eigenvalue weighted by molar-refractivity contribution is 5.69. The molecule has 0 fully saturated rings. The molecule has 0 spiro atoms. The minimum Gasteiger partial charge on any atom is -0.481 e. The predicted molar refractivity (Wildman–Crippen MR) is 80.8 cm³/mol. The normalized spacial score (nSPS) is 10.3. The standard InChI is InChI=1S/C17H24O4/c18-16(19)12-8-3-1-2-4-9-13-17(20)21-14-15-10-6-5-7-11-15/h5-7,10-11H,1-4,8-9,12-14H2,(H,18,19). The fourth-order valence-electron chi connectivity index (χ4n) is 2.06. The van der Waals surface area contributed by atoms with Gasteiger partial charge in [0.25, 0.3) is 0 Å². The topological polar surface area (TPSA) is 63.6 Å². The number of carbonyl (C=O) groups excluding carboxylic acids is 1. The molecular formula is C17H24O4. The first kappa shape index (κ1) is 17.2. The highest BCUT2D eigenvalue weighted by Gasteiger charge is 2.03. The predicted octanol–water partition coefficient (Wildman–Crippen LogP) is 3.94. The van der Waals surface area contributed by atoms with E-state index in [4.69, 9.17) is 9.84 Å².